The number of aromatic nitrogens is 1. The molecular weight excluding hydrogens is 484 g/mol. The number of methoxy groups -OCH3 is 1. The number of ether oxygens (including phenoxy) is 1. The molecule has 4 aromatic rings. The number of Topliss-reactive ketones (excluding diaryl/α,β-unsaturated/α-hetero) is 1. The van der Waals surface area contributed by atoms with E-state index in [-0.39, 0.29) is 11.3 Å². The highest BCUT2D eigenvalue weighted by molar-refractivity contribution is 7.22. The molecule has 0 radical (unpaired) electrons. The summed E-state index contributed by atoms with van der Waals surface area (Å²) in [6, 6.07) is 16.7. The Kier molecular flexibility index (Phi) is 5.83. The van der Waals surface area contributed by atoms with Crippen molar-refractivity contribution in [2.75, 3.05) is 12.0 Å². The van der Waals surface area contributed by atoms with Crippen molar-refractivity contribution in [1.82, 2.24) is 4.98 Å². The number of hydrogen-bond acceptors (Lipinski definition) is 6. The Morgan fingerprint density at radius 1 is 1.06 bits per heavy atom. The molecule has 0 unspecified atom stereocenters. The van der Waals surface area contributed by atoms with E-state index in [2.05, 4.69) is 0 Å². The first-order chi connectivity index (χ1) is 16.8. The lowest BCUT2D eigenvalue weighted by atomic mass is 9.95. The summed E-state index contributed by atoms with van der Waals surface area (Å²) < 4.78 is 6.19. The number of thiazole rings is 1. The van der Waals surface area contributed by atoms with Crippen molar-refractivity contribution in [3.05, 3.63) is 93.5 Å². The maximum absolute atomic E-state index is 13.4. The Morgan fingerprint density at radius 2 is 1.74 bits per heavy atom. The fraction of sp³-hybridized carbons (Fsp3) is 0.148. The molecule has 0 aliphatic carbocycles. The molecule has 5 rings (SSSR count). The Bertz CT molecular complexity index is 1510. The van der Waals surface area contributed by atoms with Crippen LogP contribution in [-0.4, -0.2) is 28.9 Å². The topological polar surface area (TPSA) is 79.7 Å². The number of rotatable bonds is 4. The number of anilines is 1. The lowest BCUT2D eigenvalue weighted by molar-refractivity contribution is -0.132. The zero-order valence-electron chi connectivity index (χ0n) is 19.2. The van der Waals surface area contributed by atoms with Gasteiger partial charge in [0.15, 0.2) is 5.13 Å². The Hall–Kier alpha value is -3.68. The van der Waals surface area contributed by atoms with Crippen LogP contribution in [0.25, 0.3) is 16.0 Å². The molecule has 3 aromatic carbocycles. The lowest BCUT2D eigenvalue weighted by Gasteiger charge is -2.23. The van der Waals surface area contributed by atoms with Crippen LogP contribution < -0.4 is 9.64 Å². The van der Waals surface area contributed by atoms with Crippen molar-refractivity contribution in [3.63, 3.8) is 0 Å². The number of ketones is 1. The molecule has 1 aromatic heterocycles. The first-order valence-electron chi connectivity index (χ1n) is 10.9. The number of nitrogens with zero attached hydrogens (tertiary/aromatic N) is 2. The minimum Gasteiger partial charge on any atom is -0.507 e. The second kappa shape index (κ2) is 8.83. The standard InChI is InChI=1S/C27H21ClN2O4S/c1-14-12-15(2)22-20(13-14)35-27(29-22)30-23(16-6-10-19(34-3)11-7-16)21(25(32)26(30)33)24(31)17-4-8-18(28)9-5-17/h4-13,23,31H,1-3H3/b24-21+/t23-/m1/s1. The van der Waals surface area contributed by atoms with E-state index in [0.29, 0.717) is 27.0 Å². The van der Waals surface area contributed by atoms with E-state index in [1.54, 1.807) is 55.6 Å². The quantitative estimate of drug-likeness (QED) is 0.203. The fourth-order valence-corrected chi connectivity index (χ4v) is 5.65. The van der Waals surface area contributed by atoms with Crippen molar-refractivity contribution in [1.29, 1.82) is 0 Å². The van der Waals surface area contributed by atoms with Gasteiger partial charge in [0.25, 0.3) is 5.78 Å². The van der Waals surface area contributed by atoms with Crippen LogP contribution in [0.2, 0.25) is 5.02 Å². The normalized spacial score (nSPS) is 17.4. The number of aliphatic hydroxyl groups is 1. The van der Waals surface area contributed by atoms with Gasteiger partial charge in [-0.3, -0.25) is 14.5 Å². The van der Waals surface area contributed by atoms with Gasteiger partial charge in [0.2, 0.25) is 0 Å². The molecule has 6 nitrogen and oxygen atoms in total. The summed E-state index contributed by atoms with van der Waals surface area (Å²) in [5.41, 5.74) is 3.88. The summed E-state index contributed by atoms with van der Waals surface area (Å²) in [6.45, 7) is 3.97. The number of aryl methyl sites for hydroxylation is 2. The average Bonchev–Trinajstić information content (AvgIpc) is 3.38. The van der Waals surface area contributed by atoms with E-state index in [4.69, 9.17) is 21.3 Å². The molecule has 1 amide bonds. The van der Waals surface area contributed by atoms with Crippen LogP contribution in [0.1, 0.15) is 28.3 Å². The van der Waals surface area contributed by atoms with E-state index >= 15 is 0 Å². The third-order valence-electron chi connectivity index (χ3n) is 6.02. The van der Waals surface area contributed by atoms with Crippen LogP contribution in [-0.2, 0) is 9.59 Å². The first kappa shape index (κ1) is 23.1. The highest BCUT2D eigenvalue weighted by Gasteiger charge is 2.48. The fourth-order valence-electron chi connectivity index (χ4n) is 4.36. The number of halogens is 1. The number of carbonyl (C=O) groups is 2. The maximum atomic E-state index is 13.4. The van der Waals surface area contributed by atoms with Gasteiger partial charge in [-0.1, -0.05) is 41.1 Å². The average molecular weight is 505 g/mol. The van der Waals surface area contributed by atoms with E-state index in [0.717, 1.165) is 21.3 Å². The van der Waals surface area contributed by atoms with E-state index < -0.39 is 17.7 Å². The summed E-state index contributed by atoms with van der Waals surface area (Å²) in [4.78, 5) is 32.8. The molecule has 8 heteroatoms. The highest BCUT2D eigenvalue weighted by Crippen LogP contribution is 2.45. The maximum Gasteiger partial charge on any atom is 0.301 e. The van der Waals surface area contributed by atoms with Gasteiger partial charge >= 0.3 is 5.91 Å². The van der Waals surface area contributed by atoms with Gasteiger partial charge in [-0.15, -0.1) is 0 Å². The minimum absolute atomic E-state index is 0.00496. The smallest absolute Gasteiger partial charge is 0.301 e. The molecular formula is C27H21ClN2O4S. The summed E-state index contributed by atoms with van der Waals surface area (Å²) in [6.07, 6.45) is 0. The zero-order chi connectivity index (χ0) is 24.9. The van der Waals surface area contributed by atoms with Crippen molar-refractivity contribution in [2.24, 2.45) is 0 Å². The van der Waals surface area contributed by atoms with E-state index in [1.807, 2.05) is 26.0 Å². The zero-order valence-corrected chi connectivity index (χ0v) is 20.8. The first-order valence-corrected chi connectivity index (χ1v) is 12.1. The van der Waals surface area contributed by atoms with Crippen LogP contribution >= 0.6 is 22.9 Å². The molecule has 35 heavy (non-hydrogen) atoms. The monoisotopic (exact) mass is 504 g/mol. The van der Waals surface area contributed by atoms with Crippen LogP contribution in [0, 0.1) is 13.8 Å². The molecule has 0 bridgehead atoms. The van der Waals surface area contributed by atoms with E-state index in [1.165, 1.54) is 16.2 Å². The van der Waals surface area contributed by atoms with E-state index in [9.17, 15) is 14.7 Å². The van der Waals surface area contributed by atoms with Gasteiger partial charge in [0.1, 0.15) is 11.5 Å². The Balaban J connectivity index is 1.73. The number of hydrogen-bond donors (Lipinski definition) is 1. The molecule has 1 saturated heterocycles. The van der Waals surface area contributed by atoms with Crippen LogP contribution in [0.5, 0.6) is 5.75 Å². The van der Waals surface area contributed by atoms with Crippen molar-refractivity contribution < 1.29 is 19.4 Å². The van der Waals surface area contributed by atoms with Gasteiger partial charge < -0.3 is 9.84 Å². The van der Waals surface area contributed by atoms with Gasteiger partial charge in [-0.05, 0) is 73.0 Å². The van der Waals surface area contributed by atoms with Gasteiger partial charge in [0.05, 0.1) is 28.9 Å². The third kappa shape index (κ3) is 3.96. The number of benzene rings is 3. The summed E-state index contributed by atoms with van der Waals surface area (Å²) >= 11 is 7.34. The van der Waals surface area contributed by atoms with Gasteiger partial charge in [0, 0.05) is 10.6 Å². The summed E-state index contributed by atoms with van der Waals surface area (Å²) in [5.74, 6) is -1.15. The predicted molar refractivity (Wildman–Crippen MR) is 138 cm³/mol. The van der Waals surface area contributed by atoms with Crippen molar-refractivity contribution in [3.8, 4) is 5.75 Å². The Morgan fingerprint density at radius 3 is 2.40 bits per heavy atom. The number of carbonyl (C=O) groups excluding carboxylic acids is 2. The minimum atomic E-state index is -0.862. The second-order valence-electron chi connectivity index (χ2n) is 8.37. The SMILES string of the molecule is COc1ccc([C@@H]2/C(=C(\O)c3ccc(Cl)cc3)C(=O)C(=O)N2c2nc3c(C)cc(C)cc3s2)cc1. The number of fused-ring (bicyclic) bond motifs is 1. The molecule has 1 atom stereocenters. The molecule has 1 N–H and O–H groups in total. The van der Waals surface area contributed by atoms with Gasteiger partial charge in [-0.25, -0.2) is 4.98 Å². The van der Waals surface area contributed by atoms with Crippen LogP contribution in [0.3, 0.4) is 0 Å². The van der Waals surface area contributed by atoms with Crippen LogP contribution in [0.4, 0.5) is 5.13 Å². The van der Waals surface area contributed by atoms with Crippen molar-refractivity contribution >= 4 is 55.7 Å². The number of amides is 1. The predicted octanol–water partition coefficient (Wildman–Crippen LogP) is 6.20. The lowest BCUT2D eigenvalue weighted by Crippen LogP contribution is -2.29. The Labute approximate surface area is 211 Å². The molecule has 1 aliphatic rings. The van der Waals surface area contributed by atoms with Crippen LogP contribution in [0.15, 0.2) is 66.2 Å². The molecule has 176 valence electrons. The number of aliphatic hydroxyl groups excluding tert-OH is 1. The second-order valence-corrected chi connectivity index (χ2v) is 9.82. The third-order valence-corrected chi connectivity index (χ3v) is 7.27. The molecule has 1 fully saturated rings. The summed E-state index contributed by atoms with van der Waals surface area (Å²) in [7, 11) is 1.56. The van der Waals surface area contributed by atoms with Gasteiger partial charge in [-0.2, -0.15) is 0 Å². The molecule has 0 spiro atoms. The largest absolute Gasteiger partial charge is 0.507 e. The molecule has 0 saturated carbocycles. The molecule has 2 heterocycles. The summed E-state index contributed by atoms with van der Waals surface area (Å²) in [5, 5.41) is 12.1. The molecule has 1 aliphatic heterocycles. The highest BCUT2D eigenvalue weighted by atomic mass is 35.5. The van der Waals surface area contributed by atoms with Crippen molar-refractivity contribution in [2.45, 2.75) is 19.9 Å².